The number of nitrogens with zero attached hydrogens (tertiary/aromatic N) is 1. The number of hydrogen-bond acceptors (Lipinski definition) is 7. The number of carbonyl (C=O) groups is 1. The van der Waals surface area contributed by atoms with Crippen molar-refractivity contribution in [2.24, 2.45) is 0 Å². The van der Waals surface area contributed by atoms with Gasteiger partial charge in [0.2, 0.25) is 5.78 Å². The highest BCUT2D eigenvalue weighted by Crippen LogP contribution is 2.49. The summed E-state index contributed by atoms with van der Waals surface area (Å²) in [5.41, 5.74) is 1.31. The van der Waals surface area contributed by atoms with Crippen molar-refractivity contribution in [3.05, 3.63) is 58.3 Å². The van der Waals surface area contributed by atoms with Crippen LogP contribution in [0.1, 0.15) is 150 Å². The van der Waals surface area contributed by atoms with Crippen molar-refractivity contribution in [1.82, 2.24) is 0 Å². The zero-order valence-corrected chi connectivity index (χ0v) is 34.4. The van der Waals surface area contributed by atoms with E-state index in [0.717, 1.165) is 101 Å². The molecule has 7 nitrogen and oxygen atoms in total. The van der Waals surface area contributed by atoms with E-state index in [2.05, 4.69) is 46.4 Å². The van der Waals surface area contributed by atoms with Gasteiger partial charge in [0, 0.05) is 30.9 Å². The lowest BCUT2D eigenvalue weighted by Gasteiger charge is -2.30. The van der Waals surface area contributed by atoms with Crippen molar-refractivity contribution >= 4 is 29.9 Å². The molecule has 52 heavy (non-hydrogen) atoms. The monoisotopic (exact) mass is 739 g/mol. The second-order valence-corrected chi connectivity index (χ2v) is 17.2. The van der Waals surface area contributed by atoms with Gasteiger partial charge in [-0.05, 0) is 55.5 Å². The number of aromatic hydroxyl groups is 1. The number of ketones is 1. The SMILES string of the molecule is CCCCCCCCOC1=CC(=[PH](CCC)CCC)C=C(O)/C1=C1\C(=O)C(c2c(O)cc(N(CCC)CCC)cc2OCCCCCCCC)=C1O. The minimum Gasteiger partial charge on any atom is -0.507 e. The number of ether oxygens (including phenoxy) is 2. The molecule has 0 aromatic heterocycles. The van der Waals surface area contributed by atoms with E-state index in [4.69, 9.17) is 9.47 Å². The molecule has 0 spiro atoms. The van der Waals surface area contributed by atoms with Gasteiger partial charge in [-0.15, -0.1) is 7.55 Å². The number of aliphatic hydroxyl groups is 2. The molecule has 8 heteroatoms. The van der Waals surface area contributed by atoms with E-state index in [1.807, 2.05) is 12.1 Å². The zero-order chi connectivity index (χ0) is 37.9. The van der Waals surface area contributed by atoms with Crippen molar-refractivity contribution in [2.75, 3.05) is 43.5 Å². The third kappa shape index (κ3) is 12.0. The first-order chi connectivity index (χ1) is 25.3. The molecule has 0 unspecified atom stereocenters. The van der Waals surface area contributed by atoms with Gasteiger partial charge in [0.1, 0.15) is 28.8 Å². The maximum absolute atomic E-state index is 14.2. The first kappa shape index (κ1) is 43.4. The number of benzene rings is 1. The Labute approximate surface area is 316 Å². The van der Waals surface area contributed by atoms with Crippen LogP contribution in [0.2, 0.25) is 0 Å². The van der Waals surface area contributed by atoms with Crippen molar-refractivity contribution in [3.63, 3.8) is 0 Å². The van der Waals surface area contributed by atoms with Gasteiger partial charge in [-0.1, -0.05) is 119 Å². The number of carbonyl (C=O) groups excluding carboxylic acids is 1. The van der Waals surface area contributed by atoms with E-state index in [-0.39, 0.29) is 39.6 Å². The average molecular weight is 740 g/mol. The third-order valence-electron chi connectivity index (χ3n) is 9.95. The number of rotatable bonds is 26. The number of Topliss-reactive ketones (excluding diaryl/α,β-unsaturated/α-hetero) is 1. The number of hydrogen-bond donors (Lipinski definition) is 3. The number of anilines is 1. The molecule has 0 fully saturated rings. The van der Waals surface area contributed by atoms with Gasteiger partial charge in [0.15, 0.2) is 0 Å². The standard InChI is InChI=1S/C44H70NO6P/c1-7-13-15-17-19-21-25-50-37-30-33(45(23-9-3)24-10-4)29-35(46)39(37)41-43(48)42(44(41)49)40-36(47)31-34(52(27-11-5)28-12-6)32-38(40)51-26-22-20-18-16-14-8-2/h29-32,46-48,52H,7-28H2,1-6H3/b42-40+. The topological polar surface area (TPSA) is 99.5 Å². The quantitative estimate of drug-likeness (QED) is 0.0494. The fourth-order valence-corrected chi connectivity index (χ4v) is 9.94. The van der Waals surface area contributed by atoms with Gasteiger partial charge in [0.25, 0.3) is 0 Å². The Bertz CT molecular complexity index is 1450. The summed E-state index contributed by atoms with van der Waals surface area (Å²) in [5.74, 6) is -0.0120. The third-order valence-corrected chi connectivity index (χ3v) is 13.3. The molecule has 0 saturated carbocycles. The lowest BCUT2D eigenvalue weighted by atomic mass is 9.78. The number of phenols is 1. The highest BCUT2D eigenvalue weighted by atomic mass is 31.1. The molecular formula is C44H70NO6P. The predicted octanol–water partition coefficient (Wildman–Crippen LogP) is 11.8. The van der Waals surface area contributed by atoms with Gasteiger partial charge in [0.05, 0.1) is 35.5 Å². The van der Waals surface area contributed by atoms with Gasteiger partial charge < -0.3 is 29.7 Å². The molecule has 0 saturated heterocycles. The summed E-state index contributed by atoms with van der Waals surface area (Å²) in [6.07, 6.45) is 23.4. The lowest BCUT2D eigenvalue weighted by Crippen LogP contribution is -2.27. The average Bonchev–Trinajstić information content (AvgIpc) is 3.12. The molecule has 292 valence electrons. The van der Waals surface area contributed by atoms with Gasteiger partial charge in [-0.25, -0.2) is 0 Å². The van der Waals surface area contributed by atoms with Crippen LogP contribution >= 0.6 is 7.55 Å². The Morgan fingerprint density at radius 1 is 0.615 bits per heavy atom. The van der Waals surface area contributed by atoms with E-state index in [1.54, 1.807) is 12.1 Å². The minimum atomic E-state index is -0.934. The van der Waals surface area contributed by atoms with Crippen LogP contribution in [0.15, 0.2) is 52.7 Å². The predicted molar refractivity (Wildman–Crippen MR) is 223 cm³/mol. The van der Waals surface area contributed by atoms with Crippen molar-refractivity contribution in [2.45, 2.75) is 144 Å². The molecule has 2 aliphatic carbocycles. The second-order valence-electron chi connectivity index (χ2n) is 14.5. The summed E-state index contributed by atoms with van der Waals surface area (Å²) in [6.45, 7) is 15.6. The van der Waals surface area contributed by atoms with Crippen LogP contribution in [-0.2, 0) is 9.53 Å². The molecule has 0 bridgehead atoms. The summed E-state index contributed by atoms with van der Waals surface area (Å²) < 4.78 is 12.7. The zero-order valence-electron chi connectivity index (χ0n) is 33.4. The fraction of sp³-hybridized carbons (Fsp3) is 0.636. The Morgan fingerprint density at radius 3 is 1.71 bits per heavy atom. The maximum Gasteiger partial charge on any atom is 0.202 e. The van der Waals surface area contributed by atoms with Crippen LogP contribution in [0.3, 0.4) is 0 Å². The van der Waals surface area contributed by atoms with Crippen LogP contribution in [0.5, 0.6) is 11.5 Å². The van der Waals surface area contributed by atoms with Crippen LogP contribution in [0.4, 0.5) is 5.69 Å². The summed E-state index contributed by atoms with van der Waals surface area (Å²) in [4.78, 5) is 16.4. The molecule has 3 N–H and O–H groups in total. The lowest BCUT2D eigenvalue weighted by molar-refractivity contribution is -0.111. The molecule has 0 heterocycles. The largest absolute Gasteiger partial charge is 0.507 e. The van der Waals surface area contributed by atoms with E-state index in [9.17, 15) is 20.1 Å². The Hall–Kier alpha value is -3.05. The Kier molecular flexibility index (Phi) is 19.7. The highest BCUT2D eigenvalue weighted by Gasteiger charge is 2.42. The van der Waals surface area contributed by atoms with Crippen molar-refractivity contribution in [3.8, 4) is 11.5 Å². The second kappa shape index (κ2) is 23.6. The highest BCUT2D eigenvalue weighted by molar-refractivity contribution is 7.59. The summed E-state index contributed by atoms with van der Waals surface area (Å²) in [5, 5.41) is 35.9. The number of allylic oxidation sites excluding steroid dienone is 4. The molecule has 0 aliphatic heterocycles. The number of aliphatic hydroxyl groups excluding tert-OH is 2. The summed E-state index contributed by atoms with van der Waals surface area (Å²) >= 11 is 0. The van der Waals surface area contributed by atoms with Gasteiger partial charge >= 0.3 is 0 Å². The molecule has 1 aromatic rings. The van der Waals surface area contributed by atoms with Crippen LogP contribution < -0.4 is 9.64 Å². The molecule has 3 rings (SSSR count). The van der Waals surface area contributed by atoms with Crippen molar-refractivity contribution < 1.29 is 29.6 Å². The van der Waals surface area contributed by atoms with Crippen LogP contribution in [0.25, 0.3) is 5.57 Å². The molecule has 1 aromatic carbocycles. The van der Waals surface area contributed by atoms with Crippen molar-refractivity contribution in [1.29, 1.82) is 0 Å². The number of unbranched alkanes of at least 4 members (excludes halogenated alkanes) is 10. The first-order valence-corrected chi connectivity index (χ1v) is 22.6. The number of phenolic OH excluding ortho intramolecular Hbond substituents is 1. The fourth-order valence-electron chi connectivity index (χ4n) is 7.23. The van der Waals surface area contributed by atoms with Crippen LogP contribution in [0, 0.1) is 0 Å². The first-order valence-electron chi connectivity index (χ1n) is 20.7. The normalized spacial score (nSPS) is 16.0. The van der Waals surface area contributed by atoms with Crippen LogP contribution in [-0.4, -0.2) is 65.0 Å². The molecule has 2 aliphatic rings. The molecule has 0 amide bonds. The van der Waals surface area contributed by atoms with E-state index in [1.165, 1.54) is 38.5 Å². The van der Waals surface area contributed by atoms with Gasteiger partial charge in [-0.2, -0.15) is 0 Å². The molecule has 0 atom stereocenters. The van der Waals surface area contributed by atoms with E-state index >= 15 is 0 Å². The summed E-state index contributed by atoms with van der Waals surface area (Å²) in [6, 6.07) is 3.57. The van der Waals surface area contributed by atoms with E-state index < -0.39 is 13.3 Å². The van der Waals surface area contributed by atoms with Gasteiger partial charge in [-0.3, -0.25) is 4.79 Å². The van der Waals surface area contributed by atoms with E-state index in [0.29, 0.717) is 24.7 Å². The summed E-state index contributed by atoms with van der Waals surface area (Å²) in [7, 11) is -0.934. The minimum absolute atomic E-state index is 0.0154. The maximum atomic E-state index is 14.2. The Morgan fingerprint density at radius 2 is 1.17 bits per heavy atom. The smallest absolute Gasteiger partial charge is 0.202 e. The molecule has 0 radical (unpaired) electrons. The molecular weight excluding hydrogens is 669 g/mol. The Balaban J connectivity index is 2.07.